The number of hydrogen-bond acceptors (Lipinski definition) is 7. The summed E-state index contributed by atoms with van der Waals surface area (Å²) >= 11 is 1.58. The molecule has 7 nitrogen and oxygen atoms in total. The molecule has 1 amide bonds. The first-order valence-corrected chi connectivity index (χ1v) is 8.70. The fourth-order valence-electron chi connectivity index (χ4n) is 2.50. The average Bonchev–Trinajstić information content (AvgIpc) is 2.94. The third kappa shape index (κ3) is 3.55. The lowest BCUT2D eigenvalue weighted by molar-refractivity contribution is -0.118. The number of anilines is 1. The second-order valence-electron chi connectivity index (χ2n) is 5.55. The SMILES string of the molecule is COc1ccc(NC(=O)COc2ncnc3sc(C)c(C)c23)cc1OC. The first-order chi connectivity index (χ1) is 12.5. The summed E-state index contributed by atoms with van der Waals surface area (Å²) in [5, 5.41) is 3.62. The van der Waals surface area contributed by atoms with Crippen LogP contribution in [-0.2, 0) is 4.79 Å². The largest absolute Gasteiger partial charge is 0.493 e. The summed E-state index contributed by atoms with van der Waals surface area (Å²) in [6.07, 6.45) is 1.44. The van der Waals surface area contributed by atoms with Crippen molar-refractivity contribution < 1.29 is 19.0 Å². The Balaban J connectivity index is 1.70. The van der Waals surface area contributed by atoms with Gasteiger partial charge in [0.1, 0.15) is 11.2 Å². The molecular formula is C18H19N3O4S. The summed E-state index contributed by atoms with van der Waals surface area (Å²) in [5.74, 6) is 1.24. The van der Waals surface area contributed by atoms with Gasteiger partial charge in [0, 0.05) is 16.6 Å². The van der Waals surface area contributed by atoms with Crippen LogP contribution in [0.15, 0.2) is 24.5 Å². The molecule has 0 fully saturated rings. The maximum absolute atomic E-state index is 12.2. The molecule has 0 radical (unpaired) electrons. The van der Waals surface area contributed by atoms with Crippen molar-refractivity contribution in [3.63, 3.8) is 0 Å². The highest BCUT2D eigenvalue weighted by atomic mass is 32.1. The number of nitrogens with zero attached hydrogens (tertiary/aromatic N) is 2. The van der Waals surface area contributed by atoms with Crippen molar-refractivity contribution in [3.8, 4) is 17.4 Å². The quantitative estimate of drug-likeness (QED) is 0.714. The van der Waals surface area contributed by atoms with Gasteiger partial charge < -0.3 is 19.5 Å². The van der Waals surface area contributed by atoms with Crippen LogP contribution in [0.4, 0.5) is 5.69 Å². The van der Waals surface area contributed by atoms with Crippen molar-refractivity contribution in [1.29, 1.82) is 0 Å². The Morgan fingerprint density at radius 2 is 1.92 bits per heavy atom. The van der Waals surface area contributed by atoms with Gasteiger partial charge in [-0.15, -0.1) is 11.3 Å². The van der Waals surface area contributed by atoms with Crippen molar-refractivity contribution in [2.24, 2.45) is 0 Å². The Hall–Kier alpha value is -2.87. The zero-order valence-corrected chi connectivity index (χ0v) is 15.8. The molecule has 0 saturated carbocycles. The maximum atomic E-state index is 12.2. The Labute approximate surface area is 154 Å². The fraction of sp³-hybridized carbons (Fsp3) is 0.278. The van der Waals surface area contributed by atoms with Crippen molar-refractivity contribution in [2.45, 2.75) is 13.8 Å². The fourth-order valence-corrected chi connectivity index (χ4v) is 3.49. The summed E-state index contributed by atoms with van der Waals surface area (Å²) < 4.78 is 16.0. The number of ether oxygens (including phenoxy) is 3. The minimum atomic E-state index is -0.298. The first-order valence-electron chi connectivity index (χ1n) is 7.89. The summed E-state index contributed by atoms with van der Waals surface area (Å²) in [5.41, 5.74) is 1.66. The third-order valence-electron chi connectivity index (χ3n) is 3.94. The summed E-state index contributed by atoms with van der Waals surface area (Å²) in [4.78, 5) is 22.6. The van der Waals surface area contributed by atoms with E-state index in [4.69, 9.17) is 14.2 Å². The molecule has 0 bridgehead atoms. The second kappa shape index (κ2) is 7.57. The van der Waals surface area contributed by atoms with Gasteiger partial charge in [-0.1, -0.05) is 0 Å². The molecule has 26 heavy (non-hydrogen) atoms. The zero-order chi connectivity index (χ0) is 18.7. The molecule has 8 heteroatoms. The zero-order valence-electron chi connectivity index (χ0n) is 15.0. The Morgan fingerprint density at radius 3 is 2.65 bits per heavy atom. The van der Waals surface area contributed by atoms with Gasteiger partial charge in [0.2, 0.25) is 5.88 Å². The normalized spacial score (nSPS) is 10.6. The first kappa shape index (κ1) is 17.9. The highest BCUT2D eigenvalue weighted by Crippen LogP contribution is 2.33. The van der Waals surface area contributed by atoms with E-state index in [2.05, 4.69) is 15.3 Å². The molecule has 1 N–H and O–H groups in total. The van der Waals surface area contributed by atoms with Crippen LogP contribution < -0.4 is 19.5 Å². The van der Waals surface area contributed by atoms with E-state index in [1.807, 2.05) is 13.8 Å². The maximum Gasteiger partial charge on any atom is 0.262 e. The van der Waals surface area contributed by atoms with Gasteiger partial charge >= 0.3 is 0 Å². The minimum Gasteiger partial charge on any atom is -0.493 e. The molecule has 0 atom stereocenters. The van der Waals surface area contributed by atoms with Gasteiger partial charge in [-0.25, -0.2) is 9.97 Å². The third-order valence-corrected chi connectivity index (χ3v) is 5.05. The minimum absolute atomic E-state index is 0.158. The van der Waals surface area contributed by atoms with Crippen LogP contribution >= 0.6 is 11.3 Å². The van der Waals surface area contributed by atoms with Crippen LogP contribution in [0, 0.1) is 13.8 Å². The van der Waals surface area contributed by atoms with Crippen molar-refractivity contribution in [3.05, 3.63) is 35.0 Å². The van der Waals surface area contributed by atoms with E-state index in [1.54, 1.807) is 36.6 Å². The van der Waals surface area contributed by atoms with E-state index in [9.17, 15) is 4.79 Å². The number of aryl methyl sites for hydroxylation is 2. The lowest BCUT2D eigenvalue weighted by atomic mass is 10.2. The van der Waals surface area contributed by atoms with E-state index in [0.717, 1.165) is 20.7 Å². The molecular weight excluding hydrogens is 354 g/mol. The Kier molecular flexibility index (Phi) is 5.22. The van der Waals surface area contributed by atoms with Gasteiger partial charge in [0.15, 0.2) is 18.1 Å². The number of carbonyl (C=O) groups is 1. The lowest BCUT2D eigenvalue weighted by Crippen LogP contribution is -2.20. The number of hydrogen-bond donors (Lipinski definition) is 1. The predicted molar refractivity (Wildman–Crippen MR) is 101 cm³/mol. The smallest absolute Gasteiger partial charge is 0.262 e. The number of thiophene rings is 1. The number of benzene rings is 1. The van der Waals surface area contributed by atoms with Crippen LogP contribution in [0.1, 0.15) is 10.4 Å². The summed E-state index contributed by atoms with van der Waals surface area (Å²) in [7, 11) is 3.10. The topological polar surface area (TPSA) is 82.6 Å². The lowest BCUT2D eigenvalue weighted by Gasteiger charge is -2.11. The number of fused-ring (bicyclic) bond motifs is 1. The molecule has 136 valence electrons. The molecule has 0 aliphatic carbocycles. The van der Waals surface area contributed by atoms with Crippen LogP contribution in [-0.4, -0.2) is 36.7 Å². The molecule has 0 unspecified atom stereocenters. The predicted octanol–water partition coefficient (Wildman–Crippen LogP) is 3.34. The molecule has 3 rings (SSSR count). The van der Waals surface area contributed by atoms with Crippen molar-refractivity contribution in [2.75, 3.05) is 26.1 Å². The molecule has 3 aromatic rings. The molecule has 0 aliphatic rings. The van der Waals surface area contributed by atoms with Crippen LogP contribution in [0.2, 0.25) is 0 Å². The Bertz CT molecular complexity index is 955. The molecule has 2 aromatic heterocycles. The van der Waals surface area contributed by atoms with E-state index >= 15 is 0 Å². The van der Waals surface area contributed by atoms with Crippen molar-refractivity contribution in [1.82, 2.24) is 9.97 Å². The molecule has 2 heterocycles. The highest BCUT2D eigenvalue weighted by Gasteiger charge is 2.14. The average molecular weight is 373 g/mol. The molecule has 0 aliphatic heterocycles. The van der Waals surface area contributed by atoms with Gasteiger partial charge in [0.05, 0.1) is 19.6 Å². The Morgan fingerprint density at radius 1 is 1.15 bits per heavy atom. The van der Waals surface area contributed by atoms with Crippen LogP contribution in [0.3, 0.4) is 0 Å². The number of methoxy groups -OCH3 is 2. The molecule has 1 aromatic carbocycles. The molecule has 0 saturated heterocycles. The molecule has 0 spiro atoms. The summed E-state index contributed by atoms with van der Waals surface area (Å²) in [6.45, 7) is 3.86. The number of nitrogens with one attached hydrogen (secondary N) is 1. The second-order valence-corrected chi connectivity index (χ2v) is 6.75. The number of aromatic nitrogens is 2. The van der Waals surface area contributed by atoms with Crippen LogP contribution in [0.5, 0.6) is 17.4 Å². The van der Waals surface area contributed by atoms with Gasteiger partial charge in [-0.05, 0) is 31.5 Å². The van der Waals surface area contributed by atoms with E-state index < -0.39 is 0 Å². The van der Waals surface area contributed by atoms with Gasteiger partial charge in [-0.3, -0.25) is 4.79 Å². The van der Waals surface area contributed by atoms with Crippen molar-refractivity contribution >= 4 is 33.1 Å². The monoisotopic (exact) mass is 373 g/mol. The number of amides is 1. The number of carbonyl (C=O) groups excluding carboxylic acids is 1. The number of rotatable bonds is 6. The van der Waals surface area contributed by atoms with Gasteiger partial charge in [0.25, 0.3) is 5.91 Å². The van der Waals surface area contributed by atoms with E-state index in [-0.39, 0.29) is 12.5 Å². The van der Waals surface area contributed by atoms with Crippen LogP contribution in [0.25, 0.3) is 10.2 Å². The van der Waals surface area contributed by atoms with Gasteiger partial charge in [-0.2, -0.15) is 0 Å². The summed E-state index contributed by atoms with van der Waals surface area (Å²) in [6, 6.07) is 5.14. The highest BCUT2D eigenvalue weighted by molar-refractivity contribution is 7.18. The van der Waals surface area contributed by atoms with E-state index in [1.165, 1.54) is 13.4 Å². The standard InChI is InChI=1S/C18H19N3O4S/c1-10-11(2)26-18-16(10)17(19-9-20-18)25-8-15(22)21-12-5-6-13(23-3)14(7-12)24-4/h5-7,9H,8H2,1-4H3,(H,21,22). The van der Waals surface area contributed by atoms with E-state index in [0.29, 0.717) is 23.1 Å².